The summed E-state index contributed by atoms with van der Waals surface area (Å²) in [5.74, 6) is 0. The number of thiazole rings is 1. The number of nitriles is 1. The average Bonchev–Trinajstić information content (AvgIpc) is 3.22. The number of hydrogen-bond donors (Lipinski definition) is 0. The summed E-state index contributed by atoms with van der Waals surface area (Å²) in [6.45, 7) is 0. The minimum atomic E-state index is -0.452. The Morgan fingerprint density at radius 3 is 2.79 bits per heavy atom. The van der Waals surface area contributed by atoms with Gasteiger partial charge < -0.3 is 0 Å². The van der Waals surface area contributed by atoms with Crippen LogP contribution in [0.15, 0.2) is 60.0 Å². The molecular formula is C21H11ClN4O2S. The highest BCUT2D eigenvalue weighted by Gasteiger charge is 2.13. The first-order valence-electron chi connectivity index (χ1n) is 8.43. The first-order valence-corrected chi connectivity index (χ1v) is 9.69. The fraction of sp³-hybridized carbons (Fsp3) is 0. The number of hydrogen-bond acceptors (Lipinski definition) is 6. The van der Waals surface area contributed by atoms with E-state index in [1.165, 1.54) is 23.5 Å². The van der Waals surface area contributed by atoms with Crippen LogP contribution in [0.2, 0.25) is 5.15 Å². The molecule has 0 saturated carbocycles. The predicted molar refractivity (Wildman–Crippen MR) is 114 cm³/mol. The molecule has 0 aliphatic carbocycles. The molecule has 29 heavy (non-hydrogen) atoms. The van der Waals surface area contributed by atoms with Gasteiger partial charge >= 0.3 is 0 Å². The van der Waals surface area contributed by atoms with Gasteiger partial charge in [0.25, 0.3) is 5.69 Å². The van der Waals surface area contributed by atoms with Crippen molar-refractivity contribution >= 4 is 51.2 Å². The zero-order valence-corrected chi connectivity index (χ0v) is 16.3. The molecule has 0 N–H and O–H groups in total. The van der Waals surface area contributed by atoms with Crippen LogP contribution in [0, 0.1) is 21.4 Å². The third kappa shape index (κ3) is 3.85. The largest absolute Gasteiger partial charge is 0.270 e. The third-order valence-corrected chi connectivity index (χ3v) is 5.39. The van der Waals surface area contributed by atoms with Gasteiger partial charge in [0.15, 0.2) is 0 Å². The van der Waals surface area contributed by atoms with Crippen LogP contribution in [0.1, 0.15) is 10.6 Å². The molecule has 0 aliphatic heterocycles. The second-order valence-corrected chi connectivity index (χ2v) is 7.29. The standard InChI is InChI=1S/C21H11ClN4O2S/c22-20-15(8-13-4-1-2-7-18(13)24-20)9-16(11-23)21-25-19(12-29-21)14-5-3-6-17(10-14)26(27)28/h1-10,12H. The van der Waals surface area contributed by atoms with Gasteiger partial charge in [0.2, 0.25) is 0 Å². The summed E-state index contributed by atoms with van der Waals surface area (Å²) in [6.07, 6.45) is 1.65. The zero-order valence-electron chi connectivity index (χ0n) is 14.7. The molecule has 0 aliphatic rings. The number of allylic oxidation sites excluding steroid dienone is 1. The van der Waals surface area contributed by atoms with E-state index >= 15 is 0 Å². The molecule has 0 atom stereocenters. The summed E-state index contributed by atoms with van der Waals surface area (Å²) in [4.78, 5) is 19.4. The van der Waals surface area contributed by atoms with Crippen molar-refractivity contribution in [2.75, 3.05) is 0 Å². The van der Waals surface area contributed by atoms with Crippen molar-refractivity contribution in [2.45, 2.75) is 0 Å². The van der Waals surface area contributed by atoms with E-state index in [9.17, 15) is 15.4 Å². The normalized spacial score (nSPS) is 11.4. The van der Waals surface area contributed by atoms with Crippen molar-refractivity contribution in [2.24, 2.45) is 0 Å². The molecule has 0 radical (unpaired) electrons. The van der Waals surface area contributed by atoms with Gasteiger partial charge in [0.05, 0.1) is 21.7 Å². The number of fused-ring (bicyclic) bond motifs is 1. The van der Waals surface area contributed by atoms with E-state index in [0.717, 1.165) is 10.9 Å². The fourth-order valence-electron chi connectivity index (χ4n) is 2.82. The molecular weight excluding hydrogens is 408 g/mol. The molecule has 140 valence electrons. The average molecular weight is 419 g/mol. The SMILES string of the molecule is N#CC(=Cc1cc2ccccc2nc1Cl)c1nc(-c2cccc([N+](=O)[O-])c2)cs1. The highest BCUT2D eigenvalue weighted by Crippen LogP contribution is 2.30. The van der Waals surface area contributed by atoms with Crippen molar-refractivity contribution in [3.8, 4) is 17.3 Å². The highest BCUT2D eigenvalue weighted by atomic mass is 35.5. The Balaban J connectivity index is 1.73. The van der Waals surface area contributed by atoms with Crippen LogP contribution < -0.4 is 0 Å². The van der Waals surface area contributed by atoms with Gasteiger partial charge in [-0.2, -0.15) is 5.26 Å². The molecule has 0 bridgehead atoms. The lowest BCUT2D eigenvalue weighted by Gasteiger charge is -2.02. The molecule has 0 unspecified atom stereocenters. The second kappa shape index (κ2) is 7.80. The van der Waals surface area contributed by atoms with Crippen molar-refractivity contribution in [1.82, 2.24) is 9.97 Å². The van der Waals surface area contributed by atoms with Crippen LogP contribution in [0.5, 0.6) is 0 Å². The van der Waals surface area contributed by atoms with Gasteiger partial charge in [0, 0.05) is 34.0 Å². The van der Waals surface area contributed by atoms with Crippen LogP contribution in [0.3, 0.4) is 0 Å². The quantitative estimate of drug-likeness (QED) is 0.176. The van der Waals surface area contributed by atoms with Gasteiger partial charge in [0.1, 0.15) is 16.2 Å². The molecule has 6 nitrogen and oxygen atoms in total. The maximum absolute atomic E-state index is 11.0. The van der Waals surface area contributed by atoms with E-state index in [2.05, 4.69) is 16.0 Å². The highest BCUT2D eigenvalue weighted by molar-refractivity contribution is 7.11. The number of rotatable bonds is 4. The monoisotopic (exact) mass is 418 g/mol. The molecule has 0 saturated heterocycles. The maximum Gasteiger partial charge on any atom is 0.270 e. The molecule has 4 aromatic rings. The number of para-hydroxylation sites is 1. The number of aromatic nitrogens is 2. The Bertz CT molecular complexity index is 1320. The minimum Gasteiger partial charge on any atom is -0.258 e. The Hall–Kier alpha value is -3.60. The topological polar surface area (TPSA) is 92.7 Å². The summed E-state index contributed by atoms with van der Waals surface area (Å²) in [7, 11) is 0. The molecule has 0 amide bonds. The minimum absolute atomic E-state index is 0.0119. The first kappa shape index (κ1) is 18.7. The van der Waals surface area contributed by atoms with Crippen molar-refractivity contribution in [1.29, 1.82) is 5.26 Å². The summed E-state index contributed by atoms with van der Waals surface area (Å²) < 4.78 is 0. The molecule has 4 rings (SSSR count). The lowest BCUT2D eigenvalue weighted by Crippen LogP contribution is -1.89. The number of halogens is 1. The summed E-state index contributed by atoms with van der Waals surface area (Å²) in [6, 6.07) is 17.8. The predicted octanol–water partition coefficient (Wildman–Crippen LogP) is 5.98. The number of benzene rings is 2. The molecule has 2 heterocycles. The number of nitrogens with zero attached hydrogens (tertiary/aromatic N) is 4. The van der Waals surface area contributed by atoms with E-state index in [4.69, 9.17) is 11.6 Å². The Morgan fingerprint density at radius 1 is 1.17 bits per heavy atom. The van der Waals surface area contributed by atoms with Gasteiger partial charge in [-0.15, -0.1) is 11.3 Å². The number of nitro benzene ring substituents is 1. The molecule has 2 aromatic carbocycles. The fourth-order valence-corrected chi connectivity index (χ4v) is 3.81. The second-order valence-electron chi connectivity index (χ2n) is 6.08. The first-order chi connectivity index (χ1) is 14.0. The van der Waals surface area contributed by atoms with Crippen molar-refractivity contribution in [3.63, 3.8) is 0 Å². The van der Waals surface area contributed by atoms with E-state index in [0.29, 0.717) is 32.6 Å². The van der Waals surface area contributed by atoms with E-state index in [-0.39, 0.29) is 5.69 Å². The molecule has 2 aromatic heterocycles. The number of nitro groups is 1. The van der Waals surface area contributed by atoms with Crippen LogP contribution >= 0.6 is 22.9 Å². The number of pyridine rings is 1. The van der Waals surface area contributed by atoms with Crippen LogP contribution in [0.25, 0.3) is 33.8 Å². The zero-order chi connectivity index (χ0) is 20.4. The van der Waals surface area contributed by atoms with Gasteiger partial charge in [-0.3, -0.25) is 10.1 Å². The van der Waals surface area contributed by atoms with Crippen molar-refractivity contribution < 1.29 is 4.92 Å². The van der Waals surface area contributed by atoms with E-state index in [1.54, 1.807) is 23.6 Å². The molecule has 0 fully saturated rings. The lowest BCUT2D eigenvalue weighted by atomic mass is 10.1. The van der Waals surface area contributed by atoms with Crippen LogP contribution in [0.4, 0.5) is 5.69 Å². The Kier molecular flexibility index (Phi) is 5.04. The van der Waals surface area contributed by atoms with E-state index in [1.807, 2.05) is 30.3 Å². The molecule has 0 spiro atoms. The van der Waals surface area contributed by atoms with Gasteiger partial charge in [-0.05, 0) is 18.2 Å². The Labute approximate surface area is 174 Å². The van der Waals surface area contributed by atoms with Crippen molar-refractivity contribution in [3.05, 3.63) is 85.8 Å². The van der Waals surface area contributed by atoms with Crippen LogP contribution in [-0.2, 0) is 0 Å². The summed E-state index contributed by atoms with van der Waals surface area (Å²) in [5.41, 5.74) is 2.90. The molecule has 8 heteroatoms. The van der Waals surface area contributed by atoms with Gasteiger partial charge in [-0.1, -0.05) is 41.9 Å². The Morgan fingerprint density at radius 2 is 2.00 bits per heavy atom. The van der Waals surface area contributed by atoms with E-state index < -0.39 is 4.92 Å². The lowest BCUT2D eigenvalue weighted by molar-refractivity contribution is -0.384. The maximum atomic E-state index is 11.0. The van der Waals surface area contributed by atoms with Crippen LogP contribution in [-0.4, -0.2) is 14.9 Å². The summed E-state index contributed by atoms with van der Waals surface area (Å²) >= 11 is 7.58. The summed E-state index contributed by atoms with van der Waals surface area (Å²) in [5, 5.41) is 24.1. The smallest absolute Gasteiger partial charge is 0.258 e. The third-order valence-electron chi connectivity index (χ3n) is 4.21. The number of non-ortho nitro benzene ring substituents is 1. The van der Waals surface area contributed by atoms with Gasteiger partial charge in [-0.25, -0.2) is 9.97 Å².